The zero-order valence-corrected chi connectivity index (χ0v) is 18.8. The summed E-state index contributed by atoms with van der Waals surface area (Å²) in [6.07, 6.45) is 0. The lowest BCUT2D eigenvalue weighted by atomic mass is 10.0. The van der Waals surface area contributed by atoms with Gasteiger partial charge in [0.1, 0.15) is 5.75 Å². The van der Waals surface area contributed by atoms with Gasteiger partial charge in [0.05, 0.1) is 0 Å². The Balaban J connectivity index is 1.60. The lowest BCUT2D eigenvalue weighted by Gasteiger charge is -2.27. The molecule has 0 aliphatic carbocycles. The van der Waals surface area contributed by atoms with Crippen LogP contribution in [0.4, 0.5) is 5.69 Å². The third-order valence-electron chi connectivity index (χ3n) is 5.46. The van der Waals surface area contributed by atoms with E-state index >= 15 is 0 Å². The fraction of sp³-hybridized carbons (Fsp3) is 0.458. The molecule has 5 heteroatoms. The molecule has 0 bridgehead atoms. The van der Waals surface area contributed by atoms with Gasteiger partial charge >= 0.3 is 0 Å². The smallest absolute Gasteiger partial charge is 0.262 e. The highest BCUT2D eigenvalue weighted by Crippen LogP contribution is 2.25. The van der Waals surface area contributed by atoms with Crippen LogP contribution in [-0.2, 0) is 11.3 Å². The van der Waals surface area contributed by atoms with Gasteiger partial charge in [-0.2, -0.15) is 11.8 Å². The van der Waals surface area contributed by atoms with Crippen molar-refractivity contribution in [3.05, 3.63) is 58.7 Å². The van der Waals surface area contributed by atoms with Gasteiger partial charge in [0.25, 0.3) is 5.91 Å². The third kappa shape index (κ3) is 6.00. The van der Waals surface area contributed by atoms with Crippen molar-refractivity contribution in [3.8, 4) is 5.75 Å². The molecule has 2 aromatic rings. The topological polar surface area (TPSA) is 41.6 Å². The molecule has 0 aromatic heterocycles. The maximum absolute atomic E-state index is 12.5. The van der Waals surface area contributed by atoms with Gasteiger partial charge in [-0.25, -0.2) is 0 Å². The highest BCUT2D eigenvalue weighted by atomic mass is 32.2. The molecule has 0 radical (unpaired) electrons. The van der Waals surface area contributed by atoms with Crippen LogP contribution >= 0.6 is 11.8 Å². The summed E-state index contributed by atoms with van der Waals surface area (Å²) < 4.78 is 5.83. The first-order chi connectivity index (χ1) is 13.9. The van der Waals surface area contributed by atoms with Crippen molar-refractivity contribution in [1.29, 1.82) is 0 Å². The Morgan fingerprint density at radius 1 is 1.17 bits per heavy atom. The molecule has 156 valence electrons. The number of aryl methyl sites for hydroxylation is 1. The molecule has 0 saturated carbocycles. The molecule has 0 spiro atoms. The maximum Gasteiger partial charge on any atom is 0.262 e. The van der Waals surface area contributed by atoms with Crippen molar-refractivity contribution in [1.82, 2.24) is 4.90 Å². The first-order valence-electron chi connectivity index (χ1n) is 10.4. The van der Waals surface area contributed by atoms with Crippen LogP contribution < -0.4 is 10.1 Å². The SMILES string of the molecule is Cc1ccc(C(C)C)cc1OCC(=O)Nc1cccc(CN2CCSCC2)c1C. The summed E-state index contributed by atoms with van der Waals surface area (Å²) in [5.74, 6) is 3.47. The molecule has 1 aliphatic heterocycles. The minimum Gasteiger partial charge on any atom is -0.483 e. The van der Waals surface area contributed by atoms with E-state index in [4.69, 9.17) is 4.74 Å². The van der Waals surface area contributed by atoms with Crippen molar-refractivity contribution >= 4 is 23.4 Å². The number of amides is 1. The Morgan fingerprint density at radius 2 is 1.93 bits per heavy atom. The third-order valence-corrected chi connectivity index (χ3v) is 6.40. The van der Waals surface area contributed by atoms with E-state index in [0.717, 1.165) is 42.2 Å². The van der Waals surface area contributed by atoms with E-state index in [1.54, 1.807) is 0 Å². The Hall–Kier alpha value is -1.98. The summed E-state index contributed by atoms with van der Waals surface area (Å²) in [6.45, 7) is 11.6. The van der Waals surface area contributed by atoms with Crippen LogP contribution in [0.5, 0.6) is 5.75 Å². The number of carbonyl (C=O) groups is 1. The summed E-state index contributed by atoms with van der Waals surface area (Å²) in [5.41, 5.74) is 5.54. The predicted molar refractivity (Wildman–Crippen MR) is 123 cm³/mol. The van der Waals surface area contributed by atoms with Crippen LogP contribution in [0.15, 0.2) is 36.4 Å². The highest BCUT2D eigenvalue weighted by Gasteiger charge is 2.14. The molecule has 0 unspecified atom stereocenters. The number of nitrogens with zero attached hydrogens (tertiary/aromatic N) is 1. The lowest BCUT2D eigenvalue weighted by Crippen LogP contribution is -2.32. The number of rotatable bonds is 7. The maximum atomic E-state index is 12.5. The summed E-state index contributed by atoms with van der Waals surface area (Å²) >= 11 is 2.02. The molecule has 3 rings (SSSR count). The fourth-order valence-electron chi connectivity index (χ4n) is 3.45. The highest BCUT2D eigenvalue weighted by molar-refractivity contribution is 7.99. The molecule has 0 atom stereocenters. The number of carbonyl (C=O) groups excluding carboxylic acids is 1. The summed E-state index contributed by atoms with van der Waals surface area (Å²) in [5, 5.41) is 3.03. The molecule has 4 nitrogen and oxygen atoms in total. The average molecular weight is 413 g/mol. The van der Waals surface area contributed by atoms with Gasteiger partial charge in [0.15, 0.2) is 6.61 Å². The number of benzene rings is 2. The Bertz CT molecular complexity index is 845. The lowest BCUT2D eigenvalue weighted by molar-refractivity contribution is -0.118. The zero-order valence-electron chi connectivity index (χ0n) is 18.0. The van der Waals surface area contributed by atoms with Crippen molar-refractivity contribution in [2.24, 2.45) is 0 Å². The molecule has 29 heavy (non-hydrogen) atoms. The second kappa shape index (κ2) is 10.2. The first kappa shape index (κ1) is 21.7. The van der Waals surface area contributed by atoms with Crippen LogP contribution in [0, 0.1) is 13.8 Å². The van der Waals surface area contributed by atoms with E-state index in [9.17, 15) is 4.79 Å². The van der Waals surface area contributed by atoms with E-state index in [1.165, 1.54) is 22.6 Å². The number of hydrogen-bond donors (Lipinski definition) is 1. The van der Waals surface area contributed by atoms with E-state index in [-0.39, 0.29) is 12.5 Å². The van der Waals surface area contributed by atoms with Crippen molar-refractivity contribution in [2.75, 3.05) is 36.5 Å². The first-order valence-corrected chi connectivity index (χ1v) is 11.5. The van der Waals surface area contributed by atoms with Gasteiger partial charge in [-0.15, -0.1) is 0 Å². The fourth-order valence-corrected chi connectivity index (χ4v) is 4.43. The molecule has 1 amide bonds. The molecule has 1 N–H and O–H groups in total. The normalized spacial score (nSPS) is 14.8. The van der Waals surface area contributed by atoms with Gasteiger partial charge in [0, 0.05) is 36.8 Å². The quantitative estimate of drug-likeness (QED) is 0.695. The van der Waals surface area contributed by atoms with Crippen LogP contribution in [0.25, 0.3) is 0 Å². The largest absolute Gasteiger partial charge is 0.483 e. The Morgan fingerprint density at radius 3 is 2.66 bits per heavy atom. The number of hydrogen-bond acceptors (Lipinski definition) is 4. The van der Waals surface area contributed by atoms with Gasteiger partial charge in [-0.05, 0) is 54.2 Å². The molecular formula is C24H32N2O2S. The second-order valence-electron chi connectivity index (χ2n) is 7.99. The van der Waals surface area contributed by atoms with Crippen LogP contribution in [0.2, 0.25) is 0 Å². The molecule has 2 aromatic carbocycles. The predicted octanol–water partition coefficient (Wildman–Crippen LogP) is 4.99. The van der Waals surface area contributed by atoms with Crippen LogP contribution in [0.1, 0.15) is 42.0 Å². The molecule has 1 fully saturated rings. The van der Waals surface area contributed by atoms with Gasteiger partial charge in [0.2, 0.25) is 0 Å². The van der Waals surface area contributed by atoms with Crippen molar-refractivity contribution in [3.63, 3.8) is 0 Å². The van der Waals surface area contributed by atoms with E-state index in [1.807, 2.05) is 36.9 Å². The summed E-state index contributed by atoms with van der Waals surface area (Å²) in [7, 11) is 0. The standard InChI is InChI=1S/C24H32N2O2S/c1-17(2)20-9-8-18(3)23(14-20)28-16-24(27)25-22-7-5-6-21(19(22)4)15-26-10-12-29-13-11-26/h5-9,14,17H,10-13,15-16H2,1-4H3,(H,25,27). The van der Waals surface area contributed by atoms with Gasteiger partial charge < -0.3 is 10.1 Å². The van der Waals surface area contributed by atoms with Crippen molar-refractivity contribution < 1.29 is 9.53 Å². The van der Waals surface area contributed by atoms with Crippen molar-refractivity contribution in [2.45, 2.75) is 40.2 Å². The van der Waals surface area contributed by atoms with Gasteiger partial charge in [-0.1, -0.05) is 38.1 Å². The molecule has 1 heterocycles. The van der Waals surface area contributed by atoms with Crippen LogP contribution in [-0.4, -0.2) is 42.0 Å². The summed E-state index contributed by atoms with van der Waals surface area (Å²) in [6, 6.07) is 12.3. The van der Waals surface area contributed by atoms with E-state index in [0.29, 0.717) is 5.92 Å². The van der Waals surface area contributed by atoms with E-state index in [2.05, 4.69) is 49.2 Å². The minimum absolute atomic E-state index is 0.00933. The average Bonchev–Trinajstić information content (AvgIpc) is 2.71. The van der Waals surface area contributed by atoms with Gasteiger partial charge in [-0.3, -0.25) is 9.69 Å². The minimum atomic E-state index is -0.131. The Kier molecular flexibility index (Phi) is 7.62. The number of ether oxygens (including phenoxy) is 1. The second-order valence-corrected chi connectivity index (χ2v) is 9.22. The summed E-state index contributed by atoms with van der Waals surface area (Å²) in [4.78, 5) is 15.0. The zero-order chi connectivity index (χ0) is 20.8. The van der Waals surface area contributed by atoms with E-state index < -0.39 is 0 Å². The monoisotopic (exact) mass is 412 g/mol. The van der Waals surface area contributed by atoms with Crippen LogP contribution in [0.3, 0.4) is 0 Å². The number of anilines is 1. The number of thioether (sulfide) groups is 1. The molecule has 1 aliphatic rings. The number of nitrogens with one attached hydrogen (secondary N) is 1. The Labute approximate surface area is 179 Å². The molecular weight excluding hydrogens is 380 g/mol. The molecule has 1 saturated heterocycles.